The Morgan fingerprint density at radius 3 is 2.31 bits per heavy atom. The van der Waals surface area contributed by atoms with E-state index < -0.39 is 23.6 Å². The molecule has 2 heterocycles. The van der Waals surface area contributed by atoms with Crippen molar-refractivity contribution >= 4 is 59.1 Å². The van der Waals surface area contributed by atoms with Gasteiger partial charge in [-0.1, -0.05) is 69.3 Å². The second kappa shape index (κ2) is 21.6. The highest BCUT2D eigenvalue weighted by molar-refractivity contribution is 7.13. The van der Waals surface area contributed by atoms with Gasteiger partial charge in [0.05, 0.1) is 41.4 Å². The number of benzene rings is 2. The third-order valence-corrected chi connectivity index (χ3v) is 11.0. The van der Waals surface area contributed by atoms with E-state index in [0.717, 1.165) is 45.7 Å². The number of nitrogens with two attached hydrogens (primary N) is 1. The Morgan fingerprint density at radius 1 is 1.04 bits per heavy atom. The molecule has 12 nitrogen and oxygen atoms in total. The molecule has 1 aliphatic heterocycles. The highest BCUT2D eigenvalue weighted by Crippen LogP contribution is 2.29. The SMILES string of the molecule is Cc1ncsc1-c1ccc([C@H](C)NC(=O)[C@@H]2C[C@@H](O)CN2C(=O)[C@@H](NC(=O)CCCCc2ccc(COC[C@H](CCC(N)=O)NCl)cc2)C(C)(C)C)cc1.Cl. The van der Waals surface area contributed by atoms with Gasteiger partial charge >= 0.3 is 0 Å². The molecular formula is C40H56Cl2N6O6S. The van der Waals surface area contributed by atoms with E-state index in [0.29, 0.717) is 26.1 Å². The molecule has 1 fully saturated rings. The lowest BCUT2D eigenvalue weighted by molar-refractivity contribution is -0.144. The van der Waals surface area contributed by atoms with Crippen molar-refractivity contribution in [2.24, 2.45) is 11.1 Å². The number of aromatic nitrogens is 1. The molecular weight excluding hydrogens is 763 g/mol. The minimum absolute atomic E-state index is 0. The number of likely N-dealkylation sites (tertiary alicyclic amines) is 1. The second-order valence-corrected chi connectivity index (χ2v) is 16.3. The van der Waals surface area contributed by atoms with E-state index in [2.05, 4.69) is 20.5 Å². The van der Waals surface area contributed by atoms with E-state index in [1.807, 2.05) is 88.7 Å². The van der Waals surface area contributed by atoms with Crippen LogP contribution >= 0.6 is 35.5 Å². The van der Waals surface area contributed by atoms with Crippen molar-refractivity contribution < 1.29 is 29.0 Å². The summed E-state index contributed by atoms with van der Waals surface area (Å²) in [7, 11) is 0. The number of halogens is 2. The van der Waals surface area contributed by atoms with Crippen LogP contribution in [0.1, 0.15) is 94.6 Å². The number of unbranched alkanes of at least 4 members (excludes halogenated alkanes) is 1. The van der Waals surface area contributed by atoms with Gasteiger partial charge < -0.3 is 31.1 Å². The summed E-state index contributed by atoms with van der Waals surface area (Å²) in [4.78, 5) is 61.2. The number of hydrogen-bond donors (Lipinski definition) is 5. The van der Waals surface area contributed by atoms with Gasteiger partial charge in [-0.15, -0.1) is 23.7 Å². The minimum atomic E-state index is -0.876. The maximum atomic E-state index is 14.0. The van der Waals surface area contributed by atoms with Crippen molar-refractivity contribution in [1.29, 1.82) is 0 Å². The number of β-amino-alcohol motifs (C(OH)–C–C–N with tert-alkyl or cyclic N) is 1. The van der Waals surface area contributed by atoms with E-state index in [-0.39, 0.29) is 73.9 Å². The molecule has 4 rings (SSSR count). The van der Waals surface area contributed by atoms with Crippen LogP contribution in [0.25, 0.3) is 10.4 Å². The summed E-state index contributed by atoms with van der Waals surface area (Å²) in [5.74, 6) is -1.34. The average molecular weight is 820 g/mol. The number of amides is 4. The van der Waals surface area contributed by atoms with E-state index in [1.165, 1.54) is 4.90 Å². The lowest BCUT2D eigenvalue weighted by atomic mass is 9.85. The third-order valence-electron chi connectivity index (χ3n) is 9.68. The first-order valence-corrected chi connectivity index (χ1v) is 19.8. The molecule has 0 spiro atoms. The first-order valence-electron chi connectivity index (χ1n) is 18.5. The van der Waals surface area contributed by atoms with E-state index in [1.54, 1.807) is 11.3 Å². The number of ether oxygens (including phenoxy) is 1. The van der Waals surface area contributed by atoms with Gasteiger partial charge in [0, 0.05) is 31.8 Å². The number of carbonyl (C=O) groups excluding carboxylic acids is 4. The van der Waals surface area contributed by atoms with Crippen LogP contribution in [0.4, 0.5) is 0 Å². The molecule has 0 unspecified atom stereocenters. The topological polar surface area (TPSA) is 176 Å². The summed E-state index contributed by atoms with van der Waals surface area (Å²) >= 11 is 7.32. The standard InChI is InChI=1S/C40H55ClN6O6S.ClH/c1-25(29-14-16-30(17-15-29)36-26(2)43-24-54-36)44-38(51)33-20-32(48)21-47(33)39(52)37(40(3,4)5)45-35(50)9-7-6-8-27-10-12-28(13-11-27)22-53-23-31(46-41)18-19-34(42)49;/h10-17,24-25,31-33,37,46,48H,6-9,18-23H2,1-5H3,(H2,42,49)(H,44,51)(H,45,50);1H/t25-,31-,32+,33-,37+;/m0./s1. The molecule has 0 saturated carbocycles. The zero-order valence-electron chi connectivity index (χ0n) is 32.3. The van der Waals surface area contributed by atoms with Gasteiger partial charge in [0.1, 0.15) is 12.1 Å². The number of aryl methyl sites for hydroxylation is 2. The largest absolute Gasteiger partial charge is 0.391 e. The van der Waals surface area contributed by atoms with Crippen molar-refractivity contribution in [1.82, 2.24) is 25.4 Å². The Labute approximate surface area is 339 Å². The fourth-order valence-electron chi connectivity index (χ4n) is 6.47. The van der Waals surface area contributed by atoms with Crippen LogP contribution in [0.5, 0.6) is 0 Å². The van der Waals surface area contributed by atoms with Gasteiger partial charge in [-0.2, -0.15) is 0 Å². The fraction of sp³-hybridized carbons (Fsp3) is 0.525. The van der Waals surface area contributed by atoms with Crippen molar-refractivity contribution in [2.45, 2.75) is 116 Å². The van der Waals surface area contributed by atoms with Crippen molar-refractivity contribution in [3.05, 3.63) is 76.4 Å². The van der Waals surface area contributed by atoms with E-state index in [9.17, 15) is 24.3 Å². The first kappa shape index (κ1) is 45.8. The van der Waals surface area contributed by atoms with Crippen molar-refractivity contribution in [3.63, 3.8) is 0 Å². The Morgan fingerprint density at radius 2 is 1.71 bits per heavy atom. The molecule has 6 N–H and O–H groups in total. The number of primary amides is 1. The van der Waals surface area contributed by atoms with Crippen LogP contribution in [0, 0.1) is 12.3 Å². The highest BCUT2D eigenvalue weighted by atomic mass is 35.5. The number of carbonyl (C=O) groups is 4. The molecule has 3 aromatic rings. The van der Waals surface area contributed by atoms with Gasteiger partial charge in [-0.05, 0) is 79.0 Å². The predicted molar refractivity (Wildman–Crippen MR) is 218 cm³/mol. The van der Waals surface area contributed by atoms with Gasteiger partial charge in [-0.25, -0.2) is 9.82 Å². The van der Waals surface area contributed by atoms with Crippen LogP contribution in [-0.4, -0.2) is 76.0 Å². The Hall–Kier alpha value is -3.59. The fourth-order valence-corrected chi connectivity index (χ4v) is 7.45. The zero-order chi connectivity index (χ0) is 39.4. The first-order chi connectivity index (χ1) is 25.7. The lowest BCUT2D eigenvalue weighted by Gasteiger charge is -2.35. The molecule has 1 aromatic heterocycles. The number of rotatable bonds is 19. The summed E-state index contributed by atoms with van der Waals surface area (Å²) in [6.45, 7) is 10.3. The highest BCUT2D eigenvalue weighted by Gasteiger charge is 2.44. The smallest absolute Gasteiger partial charge is 0.246 e. The van der Waals surface area contributed by atoms with Crippen LogP contribution in [0.2, 0.25) is 0 Å². The molecule has 55 heavy (non-hydrogen) atoms. The molecule has 15 heteroatoms. The monoisotopic (exact) mass is 818 g/mol. The number of nitrogens with one attached hydrogen (secondary N) is 3. The Bertz CT molecular complexity index is 1700. The van der Waals surface area contributed by atoms with Gasteiger partial charge in [0.25, 0.3) is 0 Å². The molecule has 2 aromatic carbocycles. The summed E-state index contributed by atoms with van der Waals surface area (Å²) in [6.07, 6.45) is 2.46. The molecule has 5 atom stereocenters. The zero-order valence-corrected chi connectivity index (χ0v) is 34.7. The summed E-state index contributed by atoms with van der Waals surface area (Å²) in [5.41, 5.74) is 11.5. The third kappa shape index (κ3) is 13.8. The summed E-state index contributed by atoms with van der Waals surface area (Å²) in [5, 5.41) is 16.6. The number of thiazole rings is 1. The number of aliphatic hydroxyl groups excluding tert-OH is 1. The molecule has 1 saturated heterocycles. The average Bonchev–Trinajstić information content (AvgIpc) is 3.75. The van der Waals surface area contributed by atoms with Crippen LogP contribution in [-0.2, 0) is 36.9 Å². The molecule has 0 bridgehead atoms. The second-order valence-electron chi connectivity index (χ2n) is 15.2. The quantitative estimate of drug-likeness (QED) is 0.0777. The summed E-state index contributed by atoms with van der Waals surface area (Å²) < 4.78 is 5.74. The van der Waals surface area contributed by atoms with Crippen molar-refractivity contribution in [2.75, 3.05) is 13.2 Å². The van der Waals surface area contributed by atoms with Crippen LogP contribution in [0.3, 0.4) is 0 Å². The van der Waals surface area contributed by atoms with Gasteiger partial charge in [-0.3, -0.25) is 19.2 Å². The number of aliphatic hydroxyl groups is 1. The van der Waals surface area contributed by atoms with E-state index >= 15 is 0 Å². The Kier molecular flexibility index (Phi) is 18.0. The maximum Gasteiger partial charge on any atom is 0.246 e. The minimum Gasteiger partial charge on any atom is -0.391 e. The molecule has 0 radical (unpaired) electrons. The van der Waals surface area contributed by atoms with Crippen LogP contribution < -0.4 is 21.2 Å². The molecule has 0 aliphatic carbocycles. The normalized spacial score (nSPS) is 17.2. The maximum absolute atomic E-state index is 14.0. The summed E-state index contributed by atoms with van der Waals surface area (Å²) in [6, 6.07) is 13.8. The van der Waals surface area contributed by atoms with Crippen molar-refractivity contribution in [3.8, 4) is 10.4 Å². The lowest BCUT2D eigenvalue weighted by Crippen LogP contribution is -2.57. The molecule has 1 aliphatic rings. The van der Waals surface area contributed by atoms with Crippen LogP contribution in [0.15, 0.2) is 54.0 Å². The van der Waals surface area contributed by atoms with Gasteiger partial charge in [0.15, 0.2) is 0 Å². The number of nitrogens with zero attached hydrogens (tertiary/aromatic N) is 2. The molecule has 4 amide bonds. The van der Waals surface area contributed by atoms with Gasteiger partial charge in [0.2, 0.25) is 23.6 Å². The predicted octanol–water partition coefficient (Wildman–Crippen LogP) is 5.52. The molecule has 302 valence electrons. The Balaban J connectivity index is 0.00000812. The van der Waals surface area contributed by atoms with E-state index in [4.69, 9.17) is 22.2 Å². The number of hydrogen-bond acceptors (Lipinski definition) is 9.